The summed E-state index contributed by atoms with van der Waals surface area (Å²) in [6, 6.07) is 9.27. The molecule has 5 nitrogen and oxygen atoms in total. The highest BCUT2D eigenvalue weighted by Crippen LogP contribution is 2.18. The molecular formula is C14H14FN5. The van der Waals surface area contributed by atoms with Crippen LogP contribution in [0.25, 0.3) is 0 Å². The molecule has 1 N–H and O–H groups in total. The molecule has 6 heteroatoms. The lowest BCUT2D eigenvalue weighted by atomic mass is 10.1. The third-order valence-corrected chi connectivity index (χ3v) is 2.79. The van der Waals surface area contributed by atoms with Gasteiger partial charge in [0.15, 0.2) is 11.6 Å². The van der Waals surface area contributed by atoms with E-state index >= 15 is 0 Å². The number of nitrogens with one attached hydrogen (secondary N) is 1. The van der Waals surface area contributed by atoms with Crippen LogP contribution in [0.2, 0.25) is 0 Å². The first kappa shape index (κ1) is 13.7. The fourth-order valence-electron chi connectivity index (χ4n) is 1.83. The van der Waals surface area contributed by atoms with E-state index in [2.05, 4.69) is 21.4 Å². The minimum atomic E-state index is -0.483. The Morgan fingerprint density at radius 2 is 2.25 bits per heavy atom. The lowest BCUT2D eigenvalue weighted by Gasteiger charge is -2.19. The average molecular weight is 271 g/mol. The van der Waals surface area contributed by atoms with Gasteiger partial charge in [0.2, 0.25) is 5.95 Å². The van der Waals surface area contributed by atoms with Crippen molar-refractivity contribution in [1.82, 2.24) is 9.97 Å². The molecular weight excluding hydrogens is 257 g/mol. The van der Waals surface area contributed by atoms with E-state index in [-0.39, 0.29) is 5.82 Å². The molecule has 102 valence electrons. The highest BCUT2D eigenvalue weighted by Gasteiger charge is 2.12. The molecule has 0 unspecified atom stereocenters. The minimum Gasteiger partial charge on any atom is -0.357 e. The van der Waals surface area contributed by atoms with Gasteiger partial charge in [0.25, 0.3) is 0 Å². The zero-order chi connectivity index (χ0) is 14.5. The fourth-order valence-corrected chi connectivity index (χ4v) is 1.83. The summed E-state index contributed by atoms with van der Waals surface area (Å²) in [5.41, 5.74) is 1.49. The van der Waals surface area contributed by atoms with Crippen LogP contribution in [-0.4, -0.2) is 24.1 Å². The SMILES string of the molecule is CNc1ncc(F)c(N(C)Cc2cccc(C#N)c2)n1. The molecule has 0 saturated carbocycles. The first-order chi connectivity index (χ1) is 9.63. The Hall–Kier alpha value is -2.68. The van der Waals surface area contributed by atoms with Crippen LogP contribution >= 0.6 is 0 Å². The molecule has 2 rings (SSSR count). The van der Waals surface area contributed by atoms with Gasteiger partial charge in [-0.3, -0.25) is 0 Å². The number of benzene rings is 1. The van der Waals surface area contributed by atoms with E-state index in [0.29, 0.717) is 18.1 Å². The second-order valence-corrected chi connectivity index (χ2v) is 4.28. The van der Waals surface area contributed by atoms with Crippen molar-refractivity contribution in [3.63, 3.8) is 0 Å². The lowest BCUT2D eigenvalue weighted by molar-refractivity contribution is 0.608. The topological polar surface area (TPSA) is 64.8 Å². The molecule has 0 aliphatic carbocycles. The minimum absolute atomic E-state index is 0.215. The summed E-state index contributed by atoms with van der Waals surface area (Å²) < 4.78 is 13.8. The maximum Gasteiger partial charge on any atom is 0.224 e. The van der Waals surface area contributed by atoms with Gasteiger partial charge in [-0.25, -0.2) is 9.37 Å². The van der Waals surface area contributed by atoms with Gasteiger partial charge < -0.3 is 10.2 Å². The third-order valence-electron chi connectivity index (χ3n) is 2.79. The molecule has 0 spiro atoms. The van der Waals surface area contributed by atoms with Crippen molar-refractivity contribution in [3.05, 3.63) is 47.4 Å². The molecule has 0 saturated heterocycles. The summed E-state index contributed by atoms with van der Waals surface area (Å²) in [7, 11) is 3.41. The van der Waals surface area contributed by atoms with Crippen molar-refractivity contribution in [3.8, 4) is 6.07 Å². The molecule has 20 heavy (non-hydrogen) atoms. The number of halogens is 1. The van der Waals surface area contributed by atoms with E-state index in [4.69, 9.17) is 5.26 Å². The maximum absolute atomic E-state index is 13.8. The molecule has 0 amide bonds. The molecule has 1 aromatic carbocycles. The van der Waals surface area contributed by atoms with E-state index in [1.54, 1.807) is 37.2 Å². The van der Waals surface area contributed by atoms with Crippen molar-refractivity contribution in [2.75, 3.05) is 24.3 Å². The standard InChI is InChI=1S/C14H14FN5/c1-17-14-18-8-12(15)13(19-14)20(2)9-11-5-3-4-10(6-11)7-16/h3-6,8H,9H2,1-2H3,(H,17,18,19). The van der Waals surface area contributed by atoms with Crippen molar-refractivity contribution < 1.29 is 4.39 Å². The zero-order valence-corrected chi connectivity index (χ0v) is 11.3. The zero-order valence-electron chi connectivity index (χ0n) is 11.3. The van der Waals surface area contributed by atoms with Crippen LogP contribution in [0.15, 0.2) is 30.5 Å². The van der Waals surface area contributed by atoms with Crippen molar-refractivity contribution in [2.24, 2.45) is 0 Å². The largest absolute Gasteiger partial charge is 0.357 e. The highest BCUT2D eigenvalue weighted by atomic mass is 19.1. The van der Waals surface area contributed by atoms with Gasteiger partial charge in [-0.15, -0.1) is 0 Å². The molecule has 0 bridgehead atoms. The van der Waals surface area contributed by atoms with Crippen LogP contribution in [0.5, 0.6) is 0 Å². The number of hydrogen-bond acceptors (Lipinski definition) is 5. The summed E-state index contributed by atoms with van der Waals surface area (Å²) in [5.74, 6) is 0.0914. The van der Waals surface area contributed by atoms with E-state index in [9.17, 15) is 4.39 Å². The normalized spacial score (nSPS) is 9.90. The Balaban J connectivity index is 2.23. The predicted octanol–water partition coefficient (Wildman–Crippen LogP) is 2.17. The molecule has 0 aliphatic rings. The van der Waals surface area contributed by atoms with Gasteiger partial charge in [-0.2, -0.15) is 10.2 Å². The van der Waals surface area contributed by atoms with Crippen LogP contribution in [0.1, 0.15) is 11.1 Å². The van der Waals surface area contributed by atoms with Gasteiger partial charge in [0.1, 0.15) is 0 Å². The maximum atomic E-state index is 13.8. The quantitative estimate of drug-likeness (QED) is 0.923. The first-order valence-electron chi connectivity index (χ1n) is 6.04. The predicted molar refractivity (Wildman–Crippen MR) is 74.8 cm³/mol. The number of aromatic nitrogens is 2. The van der Waals surface area contributed by atoms with Crippen LogP contribution in [0.4, 0.5) is 16.2 Å². The van der Waals surface area contributed by atoms with Crippen molar-refractivity contribution >= 4 is 11.8 Å². The Labute approximate surface area is 116 Å². The molecule has 0 aliphatic heterocycles. The Morgan fingerprint density at radius 1 is 1.45 bits per heavy atom. The molecule has 1 aromatic heterocycles. The van der Waals surface area contributed by atoms with Crippen molar-refractivity contribution in [1.29, 1.82) is 5.26 Å². The van der Waals surface area contributed by atoms with Gasteiger partial charge >= 0.3 is 0 Å². The Bertz CT molecular complexity index is 650. The highest BCUT2D eigenvalue weighted by molar-refractivity contribution is 5.44. The van der Waals surface area contributed by atoms with Gasteiger partial charge in [-0.05, 0) is 17.7 Å². The first-order valence-corrected chi connectivity index (χ1v) is 6.04. The average Bonchev–Trinajstić information content (AvgIpc) is 2.47. The smallest absolute Gasteiger partial charge is 0.224 e. The third kappa shape index (κ3) is 3.01. The summed E-state index contributed by atoms with van der Waals surface area (Å²) in [4.78, 5) is 9.58. The van der Waals surface area contributed by atoms with Gasteiger partial charge in [-0.1, -0.05) is 12.1 Å². The number of hydrogen-bond donors (Lipinski definition) is 1. The van der Waals surface area contributed by atoms with E-state index in [1.165, 1.54) is 0 Å². The Morgan fingerprint density at radius 3 is 2.95 bits per heavy atom. The molecule has 1 heterocycles. The molecule has 2 aromatic rings. The summed E-state index contributed by atoms with van der Waals surface area (Å²) in [6.45, 7) is 0.451. The lowest BCUT2D eigenvalue weighted by Crippen LogP contribution is -2.20. The number of rotatable bonds is 4. The monoisotopic (exact) mass is 271 g/mol. The second-order valence-electron chi connectivity index (χ2n) is 4.28. The Kier molecular flexibility index (Phi) is 4.11. The summed E-state index contributed by atoms with van der Waals surface area (Å²) >= 11 is 0. The molecule has 0 fully saturated rings. The summed E-state index contributed by atoms with van der Waals surface area (Å²) in [6.07, 6.45) is 1.14. The van der Waals surface area contributed by atoms with Crippen molar-refractivity contribution in [2.45, 2.75) is 6.54 Å². The van der Waals surface area contributed by atoms with E-state index < -0.39 is 5.82 Å². The summed E-state index contributed by atoms with van der Waals surface area (Å²) in [5, 5.41) is 11.6. The second kappa shape index (κ2) is 5.97. The van der Waals surface area contributed by atoms with Crippen LogP contribution in [-0.2, 0) is 6.54 Å². The van der Waals surface area contributed by atoms with Crippen LogP contribution in [0, 0.1) is 17.1 Å². The van der Waals surface area contributed by atoms with E-state index in [1.807, 2.05) is 6.07 Å². The number of anilines is 2. The van der Waals surface area contributed by atoms with Gasteiger partial charge in [0, 0.05) is 20.6 Å². The van der Waals surface area contributed by atoms with Crippen LogP contribution < -0.4 is 10.2 Å². The fraction of sp³-hybridized carbons (Fsp3) is 0.214. The van der Waals surface area contributed by atoms with Gasteiger partial charge in [0.05, 0.1) is 17.8 Å². The van der Waals surface area contributed by atoms with E-state index in [0.717, 1.165) is 11.8 Å². The number of nitrogens with zero attached hydrogens (tertiary/aromatic N) is 4. The number of nitriles is 1. The molecule has 0 radical (unpaired) electrons. The molecule has 0 atom stereocenters. The van der Waals surface area contributed by atoms with Crippen LogP contribution in [0.3, 0.4) is 0 Å².